The number of nitrogens with zero attached hydrogens (tertiary/aromatic N) is 1. The van der Waals surface area contributed by atoms with E-state index in [0.717, 1.165) is 36.5 Å². The first-order valence-corrected chi connectivity index (χ1v) is 11.4. The molecule has 0 radical (unpaired) electrons. The highest BCUT2D eigenvalue weighted by molar-refractivity contribution is 5.95. The highest BCUT2D eigenvalue weighted by atomic mass is 16.5. The van der Waals surface area contributed by atoms with E-state index < -0.39 is 0 Å². The first kappa shape index (κ1) is 22.3. The van der Waals surface area contributed by atoms with Gasteiger partial charge in [-0.1, -0.05) is 12.1 Å². The van der Waals surface area contributed by atoms with E-state index >= 15 is 0 Å². The molecule has 2 aromatic rings. The van der Waals surface area contributed by atoms with Crippen molar-refractivity contribution in [1.29, 1.82) is 0 Å². The van der Waals surface area contributed by atoms with E-state index in [4.69, 9.17) is 9.47 Å². The zero-order valence-electron chi connectivity index (χ0n) is 18.4. The van der Waals surface area contributed by atoms with Crippen molar-refractivity contribution in [2.24, 2.45) is 0 Å². The highest BCUT2D eigenvalue weighted by Crippen LogP contribution is 2.24. The topological polar surface area (TPSA) is 79.9 Å². The summed E-state index contributed by atoms with van der Waals surface area (Å²) in [5.74, 6) is 0.534. The number of ether oxygens (including phenoxy) is 2. The predicted molar refractivity (Wildman–Crippen MR) is 122 cm³/mol. The van der Waals surface area contributed by atoms with E-state index in [9.17, 15) is 9.59 Å². The second kappa shape index (κ2) is 11.1. The van der Waals surface area contributed by atoms with Crippen LogP contribution in [0.3, 0.4) is 0 Å². The molecule has 2 heterocycles. The van der Waals surface area contributed by atoms with Gasteiger partial charge in [0, 0.05) is 37.2 Å². The Morgan fingerprint density at radius 1 is 1.06 bits per heavy atom. The molecule has 1 saturated heterocycles. The number of likely N-dealkylation sites (tertiary alicyclic amines) is 1. The van der Waals surface area contributed by atoms with Crippen molar-refractivity contribution in [3.8, 4) is 5.75 Å². The lowest BCUT2D eigenvalue weighted by Crippen LogP contribution is -2.33. The van der Waals surface area contributed by atoms with Gasteiger partial charge in [0.1, 0.15) is 12.4 Å². The van der Waals surface area contributed by atoms with E-state index in [0.29, 0.717) is 50.5 Å². The number of carbonyl (C=O) groups is 2. The Kier molecular flexibility index (Phi) is 7.74. The van der Waals surface area contributed by atoms with Crippen molar-refractivity contribution in [3.63, 3.8) is 0 Å². The zero-order chi connectivity index (χ0) is 22.2. The Bertz CT molecular complexity index is 941. The maximum Gasteiger partial charge on any atom is 0.251 e. The molecule has 4 rings (SSSR count). The van der Waals surface area contributed by atoms with Gasteiger partial charge in [-0.2, -0.15) is 0 Å². The molecular formula is C25H31N3O4. The maximum absolute atomic E-state index is 12.7. The summed E-state index contributed by atoms with van der Waals surface area (Å²) in [6, 6.07) is 13.1. The van der Waals surface area contributed by atoms with Gasteiger partial charge in [-0.25, -0.2) is 0 Å². The summed E-state index contributed by atoms with van der Waals surface area (Å²) in [6.45, 7) is 5.48. The van der Waals surface area contributed by atoms with Gasteiger partial charge < -0.3 is 25.0 Å². The van der Waals surface area contributed by atoms with Crippen LogP contribution in [0.1, 0.15) is 44.7 Å². The normalized spacial score (nSPS) is 17.6. The molecule has 2 N–H and O–H groups in total. The second-order valence-corrected chi connectivity index (χ2v) is 8.22. The zero-order valence-corrected chi connectivity index (χ0v) is 18.4. The summed E-state index contributed by atoms with van der Waals surface area (Å²) in [6.07, 6.45) is 3.05. The number of benzene rings is 2. The number of rotatable bonds is 4. The summed E-state index contributed by atoms with van der Waals surface area (Å²) in [4.78, 5) is 27.5. The van der Waals surface area contributed by atoms with E-state index in [2.05, 4.69) is 15.5 Å². The van der Waals surface area contributed by atoms with Gasteiger partial charge in [-0.05, 0) is 67.4 Å². The molecule has 0 atom stereocenters. The van der Waals surface area contributed by atoms with E-state index in [1.807, 2.05) is 30.3 Å². The summed E-state index contributed by atoms with van der Waals surface area (Å²) in [7, 11) is 0. The van der Waals surface area contributed by atoms with Gasteiger partial charge in [-0.15, -0.1) is 0 Å². The molecule has 1 fully saturated rings. The Morgan fingerprint density at radius 2 is 1.94 bits per heavy atom. The largest absolute Gasteiger partial charge is 0.491 e. The number of hydrogen-bond acceptors (Lipinski definition) is 5. The fourth-order valence-electron chi connectivity index (χ4n) is 4.13. The van der Waals surface area contributed by atoms with Crippen molar-refractivity contribution < 1.29 is 19.1 Å². The monoisotopic (exact) mass is 437 g/mol. The van der Waals surface area contributed by atoms with Crippen molar-refractivity contribution in [3.05, 3.63) is 64.7 Å². The van der Waals surface area contributed by atoms with E-state index in [-0.39, 0.29) is 11.8 Å². The first-order chi connectivity index (χ1) is 15.7. The van der Waals surface area contributed by atoms with Crippen molar-refractivity contribution in [2.45, 2.75) is 19.3 Å². The molecule has 7 heteroatoms. The molecular weight excluding hydrogens is 406 g/mol. The third-order valence-electron chi connectivity index (χ3n) is 5.84. The van der Waals surface area contributed by atoms with Crippen LogP contribution in [0.25, 0.3) is 0 Å². The summed E-state index contributed by atoms with van der Waals surface area (Å²) >= 11 is 0. The number of hydrogen-bond donors (Lipinski definition) is 2. The molecule has 2 aliphatic heterocycles. The van der Waals surface area contributed by atoms with Gasteiger partial charge in [-0.3, -0.25) is 9.59 Å². The predicted octanol–water partition coefficient (Wildman–Crippen LogP) is 2.24. The van der Waals surface area contributed by atoms with E-state index in [1.165, 1.54) is 12.8 Å². The average molecular weight is 438 g/mol. The smallest absolute Gasteiger partial charge is 0.251 e. The molecule has 170 valence electrons. The minimum atomic E-state index is -0.116. The fourth-order valence-corrected chi connectivity index (χ4v) is 4.13. The standard InChI is InChI=1S/C25H31N3O4/c29-24-20-5-3-4-19(16-20)17-22-18-21(25(30)26-8-12-28-10-1-2-11-28)6-7-23(22)32-15-14-31-13-9-27-24/h3-7,16,18H,1-2,8-15,17H2,(H,26,30)(H,27,29). The van der Waals surface area contributed by atoms with Crippen LogP contribution in [0, 0.1) is 0 Å². The van der Waals surface area contributed by atoms with Gasteiger partial charge in [0.25, 0.3) is 11.8 Å². The SMILES string of the molecule is O=C1NCCOCCOc2ccc(C(=O)NCCN3CCCC3)cc2Cc2cccc1c2. The van der Waals surface area contributed by atoms with Crippen LogP contribution in [0.4, 0.5) is 0 Å². The lowest BCUT2D eigenvalue weighted by molar-refractivity contribution is 0.0865. The third kappa shape index (κ3) is 6.08. The Labute approximate surface area is 189 Å². The minimum Gasteiger partial charge on any atom is -0.491 e. The summed E-state index contributed by atoms with van der Waals surface area (Å²) in [5, 5.41) is 5.90. The summed E-state index contributed by atoms with van der Waals surface area (Å²) in [5.41, 5.74) is 3.12. The van der Waals surface area contributed by atoms with Gasteiger partial charge in [0.05, 0.1) is 13.2 Å². The van der Waals surface area contributed by atoms with Crippen molar-refractivity contribution in [2.75, 3.05) is 52.5 Å². The second-order valence-electron chi connectivity index (χ2n) is 8.22. The molecule has 32 heavy (non-hydrogen) atoms. The van der Waals surface area contributed by atoms with Gasteiger partial charge in [0.2, 0.25) is 0 Å². The van der Waals surface area contributed by atoms with E-state index in [1.54, 1.807) is 12.1 Å². The minimum absolute atomic E-state index is 0.0807. The fraction of sp³-hybridized carbons (Fsp3) is 0.440. The quantitative estimate of drug-likeness (QED) is 0.767. The van der Waals surface area contributed by atoms with Crippen molar-refractivity contribution in [1.82, 2.24) is 15.5 Å². The number of nitrogens with one attached hydrogen (secondary N) is 2. The van der Waals surface area contributed by atoms with Crippen LogP contribution in [-0.4, -0.2) is 69.3 Å². The molecule has 2 bridgehead atoms. The maximum atomic E-state index is 12.7. The van der Waals surface area contributed by atoms with Crippen LogP contribution in [-0.2, 0) is 11.2 Å². The molecule has 0 spiro atoms. The van der Waals surface area contributed by atoms with Crippen LogP contribution < -0.4 is 15.4 Å². The van der Waals surface area contributed by atoms with Crippen LogP contribution in [0.2, 0.25) is 0 Å². The lowest BCUT2D eigenvalue weighted by atomic mass is 9.99. The van der Waals surface area contributed by atoms with Crippen LogP contribution in [0.15, 0.2) is 42.5 Å². The Morgan fingerprint density at radius 3 is 2.81 bits per heavy atom. The lowest BCUT2D eigenvalue weighted by Gasteiger charge is -2.16. The van der Waals surface area contributed by atoms with Gasteiger partial charge >= 0.3 is 0 Å². The average Bonchev–Trinajstić information content (AvgIpc) is 3.32. The summed E-state index contributed by atoms with van der Waals surface area (Å²) < 4.78 is 11.5. The molecule has 0 aliphatic carbocycles. The molecule has 2 aromatic carbocycles. The van der Waals surface area contributed by atoms with Gasteiger partial charge in [0.15, 0.2) is 0 Å². The molecule has 2 amide bonds. The molecule has 0 aromatic heterocycles. The molecule has 0 unspecified atom stereocenters. The third-order valence-corrected chi connectivity index (χ3v) is 5.84. The first-order valence-electron chi connectivity index (χ1n) is 11.4. The van der Waals surface area contributed by atoms with Crippen LogP contribution in [0.5, 0.6) is 5.75 Å². The number of fused-ring (bicyclic) bond motifs is 3. The highest BCUT2D eigenvalue weighted by Gasteiger charge is 2.15. The number of carbonyl (C=O) groups excluding carboxylic acids is 2. The molecule has 7 nitrogen and oxygen atoms in total. The number of amides is 2. The molecule has 2 aliphatic rings. The Hall–Kier alpha value is -2.90. The molecule has 0 saturated carbocycles. The van der Waals surface area contributed by atoms with Crippen molar-refractivity contribution >= 4 is 11.8 Å². The van der Waals surface area contributed by atoms with Crippen LogP contribution >= 0.6 is 0 Å². The Balaban J connectivity index is 1.50.